The van der Waals surface area contributed by atoms with Crippen molar-refractivity contribution in [1.82, 2.24) is 0 Å². The Kier molecular flexibility index (Phi) is 4.32. The summed E-state index contributed by atoms with van der Waals surface area (Å²) in [5.74, 6) is -0.289. The number of ether oxygens (including phenoxy) is 1. The van der Waals surface area contributed by atoms with Gasteiger partial charge in [-0.05, 0) is 27.6 Å². The van der Waals surface area contributed by atoms with Crippen LogP contribution in [-0.4, -0.2) is 12.6 Å². The summed E-state index contributed by atoms with van der Waals surface area (Å²) in [5, 5.41) is 8.79. The fourth-order valence-electron chi connectivity index (χ4n) is 1.16. The number of carbonyl (C=O) groups is 1. The fourth-order valence-corrected chi connectivity index (χ4v) is 1.72. The minimum Gasteiger partial charge on any atom is -0.466 e. The Labute approximate surface area is 96.8 Å². The van der Waals surface area contributed by atoms with Gasteiger partial charge in [0.1, 0.15) is 6.07 Å². The molecule has 0 amide bonds. The van der Waals surface area contributed by atoms with E-state index in [1.165, 1.54) is 6.92 Å². The lowest BCUT2D eigenvalue weighted by Gasteiger charge is -2.05. The van der Waals surface area contributed by atoms with Crippen molar-refractivity contribution in [2.45, 2.75) is 13.3 Å². The molecule has 0 unspecified atom stereocenters. The minimum atomic E-state index is -0.289. The van der Waals surface area contributed by atoms with Gasteiger partial charge in [-0.25, -0.2) is 0 Å². The standard InChI is InChI=1S/C11H10BrNO2/c1-8(14)15-6-5-9-3-2-4-10(7-13)11(9)12/h2-4H,5-6H2,1H3. The first-order valence-corrected chi connectivity index (χ1v) is 5.25. The molecule has 0 atom stereocenters. The van der Waals surface area contributed by atoms with Crippen LogP contribution >= 0.6 is 15.9 Å². The molecular formula is C11H10BrNO2. The fraction of sp³-hybridized carbons (Fsp3) is 0.273. The van der Waals surface area contributed by atoms with Crippen LogP contribution in [0.4, 0.5) is 0 Å². The lowest BCUT2D eigenvalue weighted by atomic mass is 10.1. The van der Waals surface area contributed by atoms with Crippen molar-refractivity contribution in [2.75, 3.05) is 6.61 Å². The average molecular weight is 268 g/mol. The maximum atomic E-state index is 10.6. The number of hydrogen-bond acceptors (Lipinski definition) is 3. The van der Waals surface area contributed by atoms with Gasteiger partial charge in [-0.3, -0.25) is 4.79 Å². The normalized spacial score (nSPS) is 9.40. The molecule has 3 nitrogen and oxygen atoms in total. The Hall–Kier alpha value is -1.34. The van der Waals surface area contributed by atoms with Crippen LogP contribution in [0.2, 0.25) is 0 Å². The number of halogens is 1. The third-order valence-electron chi connectivity index (χ3n) is 1.88. The van der Waals surface area contributed by atoms with Crippen molar-refractivity contribution in [3.63, 3.8) is 0 Å². The number of rotatable bonds is 3. The summed E-state index contributed by atoms with van der Waals surface area (Å²) in [6, 6.07) is 7.52. The number of carbonyl (C=O) groups excluding carboxylic acids is 1. The summed E-state index contributed by atoms with van der Waals surface area (Å²) in [6.07, 6.45) is 0.607. The van der Waals surface area contributed by atoms with Crippen molar-refractivity contribution in [2.24, 2.45) is 0 Å². The summed E-state index contributed by atoms with van der Waals surface area (Å²) in [7, 11) is 0. The smallest absolute Gasteiger partial charge is 0.302 e. The SMILES string of the molecule is CC(=O)OCCc1cccc(C#N)c1Br. The Bertz CT molecular complexity index is 410. The molecule has 0 aliphatic heterocycles. The largest absolute Gasteiger partial charge is 0.466 e. The van der Waals surface area contributed by atoms with Crippen LogP contribution in [0.3, 0.4) is 0 Å². The first-order valence-electron chi connectivity index (χ1n) is 4.46. The van der Waals surface area contributed by atoms with Crippen LogP contribution in [0, 0.1) is 11.3 Å². The highest BCUT2D eigenvalue weighted by Gasteiger charge is 2.05. The summed E-state index contributed by atoms with van der Waals surface area (Å²) in [4.78, 5) is 10.6. The predicted octanol–water partition coefficient (Wildman–Crippen LogP) is 2.43. The van der Waals surface area contributed by atoms with E-state index in [0.717, 1.165) is 10.0 Å². The number of benzene rings is 1. The summed E-state index contributed by atoms with van der Waals surface area (Å²) in [6.45, 7) is 1.71. The quantitative estimate of drug-likeness (QED) is 0.791. The molecule has 78 valence electrons. The third kappa shape index (κ3) is 3.37. The number of esters is 1. The van der Waals surface area contributed by atoms with Crippen molar-refractivity contribution >= 4 is 21.9 Å². The molecule has 0 spiro atoms. The van der Waals surface area contributed by atoms with E-state index in [-0.39, 0.29) is 5.97 Å². The highest BCUT2D eigenvalue weighted by Crippen LogP contribution is 2.21. The van der Waals surface area contributed by atoms with Gasteiger partial charge in [0.05, 0.1) is 12.2 Å². The zero-order valence-electron chi connectivity index (χ0n) is 8.29. The number of nitrogens with zero attached hydrogens (tertiary/aromatic N) is 1. The first kappa shape index (κ1) is 11.7. The molecule has 0 saturated heterocycles. The number of hydrogen-bond donors (Lipinski definition) is 0. The van der Waals surface area contributed by atoms with E-state index >= 15 is 0 Å². The van der Waals surface area contributed by atoms with Gasteiger partial charge in [-0.1, -0.05) is 12.1 Å². The molecule has 4 heteroatoms. The predicted molar refractivity (Wildman–Crippen MR) is 59.2 cm³/mol. The summed E-state index contributed by atoms with van der Waals surface area (Å²) >= 11 is 3.35. The minimum absolute atomic E-state index is 0.289. The molecule has 0 bridgehead atoms. The second kappa shape index (κ2) is 5.52. The monoisotopic (exact) mass is 267 g/mol. The van der Waals surface area contributed by atoms with E-state index in [2.05, 4.69) is 22.0 Å². The lowest BCUT2D eigenvalue weighted by molar-refractivity contribution is -0.140. The van der Waals surface area contributed by atoms with Gasteiger partial charge in [0.2, 0.25) is 0 Å². The third-order valence-corrected chi connectivity index (χ3v) is 2.81. The Morgan fingerprint density at radius 3 is 2.93 bits per heavy atom. The van der Waals surface area contributed by atoms with E-state index in [0.29, 0.717) is 18.6 Å². The van der Waals surface area contributed by atoms with Gasteiger partial charge >= 0.3 is 5.97 Å². The topological polar surface area (TPSA) is 50.1 Å². The van der Waals surface area contributed by atoms with Gasteiger partial charge in [0.15, 0.2) is 0 Å². The molecule has 0 aromatic heterocycles. The highest BCUT2D eigenvalue weighted by molar-refractivity contribution is 9.10. The lowest BCUT2D eigenvalue weighted by Crippen LogP contribution is -2.04. The maximum absolute atomic E-state index is 10.6. The Morgan fingerprint density at radius 1 is 1.60 bits per heavy atom. The second-order valence-electron chi connectivity index (χ2n) is 2.98. The van der Waals surface area contributed by atoms with Crippen molar-refractivity contribution in [3.05, 3.63) is 33.8 Å². The van der Waals surface area contributed by atoms with Crippen LogP contribution in [0.5, 0.6) is 0 Å². The van der Waals surface area contributed by atoms with E-state index in [1.54, 1.807) is 6.07 Å². The zero-order chi connectivity index (χ0) is 11.3. The molecule has 0 N–H and O–H groups in total. The molecule has 0 heterocycles. The number of nitriles is 1. The molecule has 1 rings (SSSR count). The van der Waals surface area contributed by atoms with Crippen LogP contribution in [0.25, 0.3) is 0 Å². The summed E-state index contributed by atoms with van der Waals surface area (Å²) in [5.41, 5.74) is 1.56. The van der Waals surface area contributed by atoms with E-state index in [9.17, 15) is 4.79 Å². The Morgan fingerprint density at radius 2 is 2.33 bits per heavy atom. The highest BCUT2D eigenvalue weighted by atomic mass is 79.9. The van der Waals surface area contributed by atoms with E-state index in [4.69, 9.17) is 10.00 Å². The van der Waals surface area contributed by atoms with E-state index in [1.807, 2.05) is 12.1 Å². The summed E-state index contributed by atoms with van der Waals surface area (Å²) < 4.78 is 5.61. The van der Waals surface area contributed by atoms with Gasteiger partial charge < -0.3 is 4.74 Å². The molecule has 0 aliphatic rings. The molecule has 15 heavy (non-hydrogen) atoms. The van der Waals surface area contributed by atoms with Crippen LogP contribution < -0.4 is 0 Å². The molecule has 0 aliphatic carbocycles. The van der Waals surface area contributed by atoms with Gasteiger partial charge in [-0.2, -0.15) is 5.26 Å². The molecule has 1 aromatic carbocycles. The molecule has 1 aromatic rings. The van der Waals surface area contributed by atoms with Gasteiger partial charge in [0, 0.05) is 17.8 Å². The second-order valence-corrected chi connectivity index (χ2v) is 3.77. The molecule has 0 radical (unpaired) electrons. The van der Waals surface area contributed by atoms with Gasteiger partial charge in [-0.15, -0.1) is 0 Å². The first-order chi connectivity index (χ1) is 7.15. The molecule has 0 saturated carbocycles. The van der Waals surface area contributed by atoms with Crippen molar-refractivity contribution in [3.8, 4) is 6.07 Å². The molecule has 0 fully saturated rings. The molecular weight excluding hydrogens is 258 g/mol. The van der Waals surface area contributed by atoms with Crippen LogP contribution in [0.15, 0.2) is 22.7 Å². The van der Waals surface area contributed by atoms with Crippen molar-refractivity contribution in [1.29, 1.82) is 5.26 Å². The average Bonchev–Trinajstić information content (AvgIpc) is 2.20. The Balaban J connectivity index is 2.70. The zero-order valence-corrected chi connectivity index (χ0v) is 9.87. The maximum Gasteiger partial charge on any atom is 0.302 e. The van der Waals surface area contributed by atoms with Crippen molar-refractivity contribution < 1.29 is 9.53 Å². The van der Waals surface area contributed by atoms with Crippen LogP contribution in [0.1, 0.15) is 18.1 Å². The van der Waals surface area contributed by atoms with E-state index < -0.39 is 0 Å². The van der Waals surface area contributed by atoms with Crippen LogP contribution in [-0.2, 0) is 16.0 Å². The van der Waals surface area contributed by atoms with Gasteiger partial charge in [0.25, 0.3) is 0 Å².